The van der Waals surface area contributed by atoms with Crippen molar-refractivity contribution in [2.24, 2.45) is 0 Å². The van der Waals surface area contributed by atoms with Gasteiger partial charge in [-0.05, 0) is 42.8 Å². The fourth-order valence-electron chi connectivity index (χ4n) is 2.60. The number of aliphatic hydroxyl groups is 1. The first-order valence-electron chi connectivity index (χ1n) is 8.11. The van der Waals surface area contributed by atoms with E-state index in [0.717, 1.165) is 16.9 Å². The molecule has 0 saturated heterocycles. The van der Waals surface area contributed by atoms with Gasteiger partial charge in [0, 0.05) is 31.5 Å². The first kappa shape index (κ1) is 17.0. The number of carbonyl (C=O) groups is 1. The van der Waals surface area contributed by atoms with Crippen molar-refractivity contribution in [2.75, 3.05) is 20.2 Å². The molecule has 3 aromatic rings. The monoisotopic (exact) mass is 339 g/mol. The molecule has 1 amide bonds. The summed E-state index contributed by atoms with van der Waals surface area (Å²) in [6.45, 7) is 2.64. The number of nitrogens with zero attached hydrogens (tertiary/aromatic N) is 3. The molecule has 6 heteroatoms. The van der Waals surface area contributed by atoms with Crippen LogP contribution in [0.15, 0.2) is 48.8 Å². The van der Waals surface area contributed by atoms with E-state index in [1.165, 1.54) is 4.90 Å². The summed E-state index contributed by atoms with van der Waals surface area (Å²) < 4.78 is 7.74. The third kappa shape index (κ3) is 3.80. The smallest absolute Gasteiger partial charge is 0.253 e. The van der Waals surface area contributed by atoms with E-state index in [1.807, 2.05) is 35.9 Å². The second kappa shape index (κ2) is 7.36. The van der Waals surface area contributed by atoms with Crippen molar-refractivity contribution in [2.45, 2.75) is 13.5 Å². The zero-order valence-electron chi connectivity index (χ0n) is 14.3. The molecule has 1 N–H and O–H groups in total. The highest BCUT2D eigenvalue weighted by molar-refractivity contribution is 5.94. The molecule has 130 valence electrons. The summed E-state index contributed by atoms with van der Waals surface area (Å²) in [4.78, 5) is 18.2. The predicted molar refractivity (Wildman–Crippen MR) is 94.7 cm³/mol. The molecule has 0 radical (unpaired) electrons. The Morgan fingerprint density at radius 2 is 2.04 bits per heavy atom. The maximum Gasteiger partial charge on any atom is 0.253 e. The highest BCUT2D eigenvalue weighted by Crippen LogP contribution is 2.16. The van der Waals surface area contributed by atoms with Crippen LogP contribution in [0, 0.1) is 6.92 Å². The van der Waals surface area contributed by atoms with Crippen molar-refractivity contribution in [3.63, 3.8) is 0 Å². The van der Waals surface area contributed by atoms with Crippen LogP contribution in [0.25, 0.3) is 5.65 Å². The molecule has 0 atom stereocenters. The molecule has 0 spiro atoms. The number of rotatable bonds is 6. The van der Waals surface area contributed by atoms with Crippen molar-refractivity contribution in [3.05, 3.63) is 65.6 Å². The van der Waals surface area contributed by atoms with Crippen LogP contribution in [-0.4, -0.2) is 45.5 Å². The lowest BCUT2D eigenvalue weighted by molar-refractivity contribution is 0.0767. The number of imidazole rings is 1. The normalized spacial score (nSPS) is 10.8. The SMILES string of the molecule is Cc1cccn2cc(COc3ccc(C(=O)N(C)CCO)cc3)nc12. The minimum Gasteiger partial charge on any atom is -0.487 e. The maximum absolute atomic E-state index is 12.1. The fourth-order valence-corrected chi connectivity index (χ4v) is 2.60. The van der Waals surface area contributed by atoms with Crippen molar-refractivity contribution in [3.8, 4) is 5.75 Å². The number of hydrogen-bond donors (Lipinski definition) is 1. The highest BCUT2D eigenvalue weighted by atomic mass is 16.5. The molecule has 0 fully saturated rings. The molecule has 0 bridgehead atoms. The van der Waals surface area contributed by atoms with Crippen LogP contribution in [0.5, 0.6) is 5.75 Å². The Kier molecular flexibility index (Phi) is 5.00. The Labute approximate surface area is 146 Å². The minimum atomic E-state index is -0.128. The average molecular weight is 339 g/mol. The molecule has 0 aliphatic carbocycles. The van der Waals surface area contributed by atoms with Gasteiger partial charge in [-0.1, -0.05) is 6.07 Å². The van der Waals surface area contributed by atoms with Gasteiger partial charge in [-0.3, -0.25) is 4.79 Å². The van der Waals surface area contributed by atoms with Crippen LogP contribution in [0.3, 0.4) is 0 Å². The van der Waals surface area contributed by atoms with Crippen LogP contribution >= 0.6 is 0 Å². The molecule has 3 rings (SSSR count). The van der Waals surface area contributed by atoms with Gasteiger partial charge >= 0.3 is 0 Å². The second-order valence-corrected chi connectivity index (χ2v) is 5.92. The Morgan fingerprint density at radius 3 is 2.72 bits per heavy atom. The summed E-state index contributed by atoms with van der Waals surface area (Å²) in [5, 5.41) is 8.90. The van der Waals surface area contributed by atoms with E-state index < -0.39 is 0 Å². The van der Waals surface area contributed by atoms with Crippen LogP contribution in [0.1, 0.15) is 21.6 Å². The van der Waals surface area contributed by atoms with Gasteiger partial charge in [-0.15, -0.1) is 0 Å². The fraction of sp³-hybridized carbons (Fsp3) is 0.263. The summed E-state index contributed by atoms with van der Waals surface area (Å²) in [5.41, 5.74) is 3.45. The molecule has 1 aromatic carbocycles. The number of hydrogen-bond acceptors (Lipinski definition) is 4. The standard InChI is InChI=1S/C19H21N3O3/c1-14-4-3-9-22-12-16(20-18(14)22)13-25-17-7-5-15(6-8-17)19(24)21(2)10-11-23/h3-9,12,23H,10-11,13H2,1-2H3. The zero-order chi connectivity index (χ0) is 17.8. The summed E-state index contributed by atoms with van der Waals surface area (Å²) in [6, 6.07) is 11.0. The molecular weight excluding hydrogens is 318 g/mol. The van der Waals surface area contributed by atoms with E-state index in [1.54, 1.807) is 31.3 Å². The molecule has 25 heavy (non-hydrogen) atoms. The number of aliphatic hydroxyl groups excluding tert-OH is 1. The molecule has 0 saturated carbocycles. The Hall–Kier alpha value is -2.86. The highest BCUT2D eigenvalue weighted by Gasteiger charge is 2.11. The predicted octanol–water partition coefficient (Wildman–Crippen LogP) is 2.29. The first-order valence-corrected chi connectivity index (χ1v) is 8.11. The number of benzene rings is 1. The number of amides is 1. The lowest BCUT2D eigenvalue weighted by Crippen LogP contribution is -2.29. The number of fused-ring (bicyclic) bond motifs is 1. The van der Waals surface area contributed by atoms with Crippen LogP contribution in [0.2, 0.25) is 0 Å². The molecule has 6 nitrogen and oxygen atoms in total. The van der Waals surface area contributed by atoms with Crippen LogP contribution in [0.4, 0.5) is 0 Å². The van der Waals surface area contributed by atoms with Gasteiger partial charge in [-0.2, -0.15) is 0 Å². The maximum atomic E-state index is 12.1. The molecule has 0 aliphatic heterocycles. The van der Waals surface area contributed by atoms with E-state index >= 15 is 0 Å². The van der Waals surface area contributed by atoms with Crippen molar-refractivity contribution in [1.82, 2.24) is 14.3 Å². The number of pyridine rings is 1. The van der Waals surface area contributed by atoms with Crippen molar-refractivity contribution >= 4 is 11.6 Å². The largest absolute Gasteiger partial charge is 0.487 e. The lowest BCUT2D eigenvalue weighted by Gasteiger charge is -2.15. The summed E-state index contributed by atoms with van der Waals surface area (Å²) in [5.74, 6) is 0.548. The van der Waals surface area contributed by atoms with Gasteiger partial charge in [0.05, 0.1) is 12.3 Å². The zero-order valence-corrected chi connectivity index (χ0v) is 14.3. The second-order valence-electron chi connectivity index (χ2n) is 5.92. The summed E-state index contributed by atoms with van der Waals surface area (Å²) >= 11 is 0. The Balaban J connectivity index is 1.65. The average Bonchev–Trinajstić information content (AvgIpc) is 3.04. The first-order chi connectivity index (χ1) is 12.1. The number of likely N-dealkylation sites (N-methyl/N-ethyl adjacent to an activating group) is 1. The Bertz CT molecular complexity index is 871. The van der Waals surface area contributed by atoms with Gasteiger partial charge in [0.25, 0.3) is 5.91 Å². The van der Waals surface area contributed by atoms with Gasteiger partial charge in [0.2, 0.25) is 0 Å². The molecule has 2 heterocycles. The third-order valence-corrected chi connectivity index (χ3v) is 4.00. The minimum absolute atomic E-state index is 0.0536. The van der Waals surface area contributed by atoms with E-state index in [-0.39, 0.29) is 12.5 Å². The molecule has 0 unspecified atom stereocenters. The van der Waals surface area contributed by atoms with Gasteiger partial charge in [-0.25, -0.2) is 4.98 Å². The van der Waals surface area contributed by atoms with Crippen molar-refractivity contribution < 1.29 is 14.6 Å². The van der Waals surface area contributed by atoms with Gasteiger partial charge < -0.3 is 19.1 Å². The summed E-state index contributed by atoms with van der Waals surface area (Å²) in [7, 11) is 1.66. The van der Waals surface area contributed by atoms with Crippen LogP contribution in [-0.2, 0) is 6.61 Å². The molecular formula is C19H21N3O3. The van der Waals surface area contributed by atoms with E-state index in [2.05, 4.69) is 4.98 Å². The number of aryl methyl sites for hydroxylation is 1. The van der Waals surface area contributed by atoms with E-state index in [4.69, 9.17) is 9.84 Å². The number of aromatic nitrogens is 2. The van der Waals surface area contributed by atoms with Crippen molar-refractivity contribution in [1.29, 1.82) is 0 Å². The third-order valence-electron chi connectivity index (χ3n) is 4.00. The number of carbonyl (C=O) groups excluding carboxylic acids is 1. The Morgan fingerprint density at radius 1 is 1.28 bits per heavy atom. The van der Waals surface area contributed by atoms with E-state index in [9.17, 15) is 4.79 Å². The quantitative estimate of drug-likeness (QED) is 0.748. The molecule has 2 aromatic heterocycles. The lowest BCUT2D eigenvalue weighted by atomic mass is 10.2. The van der Waals surface area contributed by atoms with Gasteiger partial charge in [0.15, 0.2) is 0 Å². The van der Waals surface area contributed by atoms with Gasteiger partial charge in [0.1, 0.15) is 18.0 Å². The topological polar surface area (TPSA) is 67.1 Å². The summed E-state index contributed by atoms with van der Waals surface area (Å²) in [6.07, 6.45) is 3.91. The van der Waals surface area contributed by atoms with Crippen LogP contribution < -0.4 is 4.74 Å². The van der Waals surface area contributed by atoms with E-state index in [0.29, 0.717) is 24.5 Å². The number of ether oxygens (including phenoxy) is 1. The molecule has 0 aliphatic rings.